The summed E-state index contributed by atoms with van der Waals surface area (Å²) in [6.07, 6.45) is 25.9. The van der Waals surface area contributed by atoms with Gasteiger partial charge in [0.05, 0.1) is 6.61 Å². The zero-order chi connectivity index (χ0) is 42.9. The van der Waals surface area contributed by atoms with E-state index in [0.717, 1.165) is 89.9 Å². The van der Waals surface area contributed by atoms with Gasteiger partial charge in [0.2, 0.25) is 0 Å². The van der Waals surface area contributed by atoms with Crippen molar-refractivity contribution in [3.8, 4) is 0 Å². The molecule has 1 aliphatic carbocycles. The third-order valence-electron chi connectivity index (χ3n) is 9.89. The van der Waals surface area contributed by atoms with E-state index in [4.69, 9.17) is 18.5 Å². The van der Waals surface area contributed by atoms with Gasteiger partial charge < -0.3 is 39.9 Å². The molecular weight excluding hydrogens is 767 g/mol. The van der Waals surface area contributed by atoms with E-state index < -0.39 is 75.7 Å². The highest BCUT2D eigenvalue weighted by molar-refractivity contribution is 7.47. The number of aliphatic hydroxyl groups is 5. The van der Waals surface area contributed by atoms with Crippen molar-refractivity contribution in [1.29, 1.82) is 0 Å². The smallest absolute Gasteiger partial charge is 0.462 e. The number of carbonyl (C=O) groups excluding carboxylic acids is 2. The second-order valence-electron chi connectivity index (χ2n) is 15.2. The van der Waals surface area contributed by atoms with Crippen LogP contribution in [0.25, 0.3) is 0 Å². The summed E-state index contributed by atoms with van der Waals surface area (Å²) in [7, 11) is -5.12. The summed E-state index contributed by atoms with van der Waals surface area (Å²) in [5, 5.41) is 50.1. The molecule has 13 nitrogen and oxygen atoms in total. The molecule has 1 rings (SSSR count). The van der Waals surface area contributed by atoms with Gasteiger partial charge in [-0.25, -0.2) is 4.57 Å². The molecule has 1 aliphatic rings. The van der Waals surface area contributed by atoms with Crippen molar-refractivity contribution in [3.63, 3.8) is 0 Å². The first-order valence-corrected chi connectivity index (χ1v) is 23.4. The summed E-state index contributed by atoms with van der Waals surface area (Å²) in [5.41, 5.74) is 0. The minimum absolute atomic E-state index is 0.0761. The summed E-state index contributed by atoms with van der Waals surface area (Å²) in [5.74, 6) is -1.14. The molecule has 0 spiro atoms. The van der Waals surface area contributed by atoms with E-state index in [1.807, 2.05) is 0 Å². The number of unbranched alkanes of at least 4 members (excludes halogenated alkanes) is 15. The van der Waals surface area contributed by atoms with E-state index in [-0.39, 0.29) is 12.8 Å². The van der Waals surface area contributed by atoms with Crippen molar-refractivity contribution in [2.75, 3.05) is 13.2 Å². The normalized spacial score (nSPS) is 23.0. The summed E-state index contributed by atoms with van der Waals surface area (Å²) in [6, 6.07) is 0. The van der Waals surface area contributed by atoms with Crippen molar-refractivity contribution < 1.29 is 63.1 Å². The molecule has 58 heavy (non-hydrogen) atoms. The molecule has 0 bridgehead atoms. The molecule has 0 aromatic rings. The summed E-state index contributed by atoms with van der Waals surface area (Å²) in [4.78, 5) is 35.6. The Morgan fingerprint density at radius 2 is 0.948 bits per heavy atom. The fourth-order valence-electron chi connectivity index (χ4n) is 6.27. The van der Waals surface area contributed by atoms with Crippen LogP contribution in [0, 0.1) is 0 Å². The van der Waals surface area contributed by atoms with Gasteiger partial charge in [0.15, 0.2) is 6.10 Å². The third kappa shape index (κ3) is 26.8. The van der Waals surface area contributed by atoms with Crippen LogP contribution in [-0.2, 0) is 32.7 Å². The highest BCUT2D eigenvalue weighted by Gasteiger charge is 2.51. The van der Waals surface area contributed by atoms with Gasteiger partial charge >= 0.3 is 19.8 Å². The predicted octanol–water partition coefficient (Wildman–Crippen LogP) is 8.00. The molecule has 6 N–H and O–H groups in total. The number of phosphoric acid groups is 1. The Kier molecular flexibility index (Phi) is 32.0. The number of allylic oxidation sites excluding steroid dienone is 8. The van der Waals surface area contributed by atoms with Gasteiger partial charge in [-0.05, 0) is 70.6 Å². The predicted molar refractivity (Wildman–Crippen MR) is 226 cm³/mol. The van der Waals surface area contributed by atoms with Crippen LogP contribution >= 0.6 is 7.82 Å². The second-order valence-corrected chi connectivity index (χ2v) is 16.6. The Labute approximate surface area is 348 Å². The minimum atomic E-state index is -5.12. The molecule has 0 amide bonds. The minimum Gasteiger partial charge on any atom is -0.462 e. The van der Waals surface area contributed by atoms with Crippen molar-refractivity contribution in [1.82, 2.24) is 0 Å². The van der Waals surface area contributed by atoms with Crippen LogP contribution in [0.2, 0.25) is 0 Å². The maximum absolute atomic E-state index is 12.8. The lowest BCUT2D eigenvalue weighted by Crippen LogP contribution is -2.64. The van der Waals surface area contributed by atoms with Crippen molar-refractivity contribution in [2.45, 2.75) is 204 Å². The van der Waals surface area contributed by atoms with Crippen molar-refractivity contribution in [2.24, 2.45) is 0 Å². The van der Waals surface area contributed by atoms with E-state index in [0.29, 0.717) is 12.8 Å². The lowest BCUT2D eigenvalue weighted by Gasteiger charge is -2.41. The fraction of sp³-hybridized carbons (Fsp3) is 0.773. The standard InChI is InChI=1S/C44H77O13P/c1-3-5-7-9-11-13-15-17-19-21-23-25-27-29-31-33-38(46)56-36(35-55-58(52,53)57-44-42(50)40(48)39(47)41(49)43(44)51)34-54-37(45)32-30-28-26-24-22-20-18-16-14-12-10-8-6-4-2/h10-13,16-19,36,39-44,47-51H,3-9,14-15,20-35H2,1-2H3,(H,52,53)/b12-10+,13-11+,18-16+,19-17+/t36-,39?,40+,41?,42?,43?,44?/m1/s1. The van der Waals surface area contributed by atoms with E-state index in [1.54, 1.807) is 0 Å². The van der Waals surface area contributed by atoms with Crippen LogP contribution < -0.4 is 0 Å². The first kappa shape index (κ1) is 53.8. The average molecular weight is 845 g/mol. The van der Waals surface area contributed by atoms with Crippen LogP contribution in [0.3, 0.4) is 0 Å². The van der Waals surface area contributed by atoms with Gasteiger partial charge in [0, 0.05) is 12.8 Å². The molecule has 6 unspecified atom stereocenters. The molecule has 0 aromatic carbocycles. The van der Waals surface area contributed by atoms with Gasteiger partial charge in [-0.3, -0.25) is 18.6 Å². The van der Waals surface area contributed by atoms with Crippen LogP contribution in [0.15, 0.2) is 48.6 Å². The number of esters is 2. The zero-order valence-corrected chi connectivity index (χ0v) is 36.2. The Morgan fingerprint density at radius 3 is 1.45 bits per heavy atom. The van der Waals surface area contributed by atoms with E-state index in [1.165, 1.54) is 32.1 Å². The number of aliphatic hydroxyl groups excluding tert-OH is 5. The van der Waals surface area contributed by atoms with Gasteiger partial charge in [0.1, 0.15) is 43.2 Å². The molecular formula is C44H77O13P. The van der Waals surface area contributed by atoms with Crippen molar-refractivity contribution in [3.05, 3.63) is 48.6 Å². The molecule has 0 heterocycles. The van der Waals surface area contributed by atoms with Crippen LogP contribution in [-0.4, -0.2) is 98.3 Å². The lowest BCUT2D eigenvalue weighted by atomic mass is 9.85. The van der Waals surface area contributed by atoms with E-state index in [2.05, 4.69) is 62.5 Å². The van der Waals surface area contributed by atoms with Crippen molar-refractivity contribution >= 4 is 19.8 Å². The first-order chi connectivity index (χ1) is 27.9. The molecule has 1 saturated carbocycles. The number of phosphoric ester groups is 1. The molecule has 1 fully saturated rings. The van der Waals surface area contributed by atoms with Crippen LogP contribution in [0.1, 0.15) is 162 Å². The number of ether oxygens (including phenoxy) is 2. The summed E-state index contributed by atoms with van der Waals surface area (Å²) >= 11 is 0. The maximum atomic E-state index is 12.8. The number of rotatable bonds is 35. The summed E-state index contributed by atoms with van der Waals surface area (Å²) in [6.45, 7) is 3.19. The van der Waals surface area contributed by atoms with Crippen LogP contribution in [0.5, 0.6) is 0 Å². The fourth-order valence-corrected chi connectivity index (χ4v) is 7.25. The van der Waals surface area contributed by atoms with Gasteiger partial charge in [-0.2, -0.15) is 0 Å². The topological polar surface area (TPSA) is 210 Å². The van der Waals surface area contributed by atoms with Gasteiger partial charge in [-0.1, -0.05) is 127 Å². The third-order valence-corrected chi connectivity index (χ3v) is 10.9. The molecule has 8 atom stereocenters. The molecule has 0 saturated heterocycles. The Bertz CT molecular complexity index is 1210. The molecule has 14 heteroatoms. The lowest BCUT2D eigenvalue weighted by molar-refractivity contribution is -0.220. The SMILES string of the molecule is CCCC/C=C/C/C=C/CCCCCCCC(=O)OC[C@H](COP(=O)(O)OC1C(O)C(O)C(O)[C@H](O)C1O)OC(=O)CCCCCCC/C=C/C/C=C/CCCCC. The number of hydrogen-bond donors (Lipinski definition) is 6. The highest BCUT2D eigenvalue weighted by atomic mass is 31.2. The van der Waals surface area contributed by atoms with Crippen LogP contribution in [0.4, 0.5) is 0 Å². The molecule has 0 aliphatic heterocycles. The Morgan fingerprint density at radius 1 is 0.534 bits per heavy atom. The molecule has 336 valence electrons. The average Bonchev–Trinajstić information content (AvgIpc) is 3.20. The van der Waals surface area contributed by atoms with E-state index >= 15 is 0 Å². The first-order valence-electron chi connectivity index (χ1n) is 21.9. The monoisotopic (exact) mass is 845 g/mol. The number of carbonyl (C=O) groups is 2. The molecule has 0 radical (unpaired) electrons. The molecule has 0 aromatic heterocycles. The largest absolute Gasteiger partial charge is 0.472 e. The highest BCUT2D eigenvalue weighted by Crippen LogP contribution is 2.47. The Hall–Kier alpha value is -2.19. The van der Waals surface area contributed by atoms with Gasteiger partial charge in [-0.15, -0.1) is 0 Å². The second kappa shape index (κ2) is 34.5. The number of hydrogen-bond acceptors (Lipinski definition) is 12. The quantitative estimate of drug-likeness (QED) is 0.0155. The Balaban J connectivity index is 2.51. The maximum Gasteiger partial charge on any atom is 0.472 e. The zero-order valence-electron chi connectivity index (χ0n) is 35.3. The van der Waals surface area contributed by atoms with Gasteiger partial charge in [0.25, 0.3) is 0 Å². The van der Waals surface area contributed by atoms with E-state index in [9.17, 15) is 44.6 Å². The summed E-state index contributed by atoms with van der Waals surface area (Å²) < 4.78 is 33.4.